The number of hydrogen-bond donors (Lipinski definition) is 1. The van der Waals surface area contributed by atoms with Crippen LogP contribution >= 0.6 is 0 Å². The molecule has 70 valence electrons. The number of urea groups is 1. The van der Waals surface area contributed by atoms with Gasteiger partial charge in [0.15, 0.2) is 0 Å². The van der Waals surface area contributed by atoms with E-state index >= 15 is 0 Å². The average Bonchev–Trinajstić information content (AvgIpc) is 2.17. The predicted octanol–water partition coefficient (Wildman–Crippen LogP) is 0.745. The van der Waals surface area contributed by atoms with Gasteiger partial charge in [-0.15, -0.1) is 0 Å². The Morgan fingerprint density at radius 2 is 2.54 bits per heavy atom. The molecule has 0 radical (unpaired) electrons. The van der Waals surface area contributed by atoms with Gasteiger partial charge in [0.25, 0.3) is 0 Å². The summed E-state index contributed by atoms with van der Waals surface area (Å²) in [5, 5.41) is 0. The first kappa shape index (κ1) is 8.29. The zero-order valence-electron chi connectivity index (χ0n) is 7.44. The number of carbonyl (C=O) groups is 1. The fraction of sp³-hybridized carbons (Fsp3) is 0.556. The van der Waals surface area contributed by atoms with Gasteiger partial charge in [0.2, 0.25) is 0 Å². The molecule has 0 saturated carbocycles. The summed E-state index contributed by atoms with van der Waals surface area (Å²) in [6.45, 7) is 1.45. The molecule has 1 unspecified atom stereocenters. The highest BCUT2D eigenvalue weighted by Crippen LogP contribution is 2.27. The van der Waals surface area contributed by atoms with Crippen LogP contribution in [0.4, 0.5) is 4.79 Å². The van der Waals surface area contributed by atoms with E-state index < -0.39 is 0 Å². The maximum Gasteiger partial charge on any atom is 0.315 e. The van der Waals surface area contributed by atoms with Crippen molar-refractivity contribution in [3.8, 4) is 0 Å². The Balaban J connectivity index is 2.09. The van der Waals surface area contributed by atoms with Crippen LogP contribution in [0.3, 0.4) is 0 Å². The Hall–Kier alpha value is -1.32. The number of carbonyl (C=O) groups excluding carboxylic acids is 1. The molecule has 1 saturated heterocycles. The number of likely N-dealkylation sites (tertiary alicyclic amines) is 1. The monoisotopic (exact) mass is 179 g/mol. The van der Waals surface area contributed by atoms with Gasteiger partial charge >= 0.3 is 6.03 Å². The molecular formula is C9H13N3O. The number of primary amides is 1. The van der Waals surface area contributed by atoms with Gasteiger partial charge in [0.05, 0.1) is 0 Å². The molecule has 1 atom stereocenters. The van der Waals surface area contributed by atoms with E-state index in [9.17, 15) is 4.79 Å². The van der Waals surface area contributed by atoms with Crippen LogP contribution in [0.15, 0.2) is 16.8 Å². The summed E-state index contributed by atoms with van der Waals surface area (Å²) >= 11 is 0. The Kier molecular flexibility index (Phi) is 2.04. The molecule has 2 N–H and O–H groups in total. The van der Waals surface area contributed by atoms with Crippen LogP contribution in [-0.2, 0) is 0 Å². The number of amides is 2. The molecule has 13 heavy (non-hydrogen) atoms. The van der Waals surface area contributed by atoms with Gasteiger partial charge in [-0.2, -0.15) is 0 Å². The van der Waals surface area contributed by atoms with Crippen molar-refractivity contribution in [3.63, 3.8) is 0 Å². The van der Waals surface area contributed by atoms with Crippen LogP contribution in [-0.4, -0.2) is 30.2 Å². The summed E-state index contributed by atoms with van der Waals surface area (Å²) in [6.07, 6.45) is 5.83. The van der Waals surface area contributed by atoms with Crippen LogP contribution in [0.25, 0.3) is 0 Å². The van der Waals surface area contributed by atoms with Gasteiger partial charge in [-0.3, -0.25) is 4.99 Å². The molecule has 4 heteroatoms. The minimum Gasteiger partial charge on any atom is -0.351 e. The van der Waals surface area contributed by atoms with Gasteiger partial charge in [0.1, 0.15) is 0 Å². The summed E-state index contributed by atoms with van der Waals surface area (Å²) in [5.41, 5.74) is 6.45. The highest BCUT2D eigenvalue weighted by atomic mass is 16.2. The number of fused-ring (bicyclic) bond motifs is 1. The number of nitrogens with two attached hydrogens (primary N) is 1. The lowest BCUT2D eigenvalue weighted by Crippen LogP contribution is -2.43. The number of aliphatic imine (C=N–C) groups is 1. The van der Waals surface area contributed by atoms with Gasteiger partial charge < -0.3 is 10.6 Å². The SMILES string of the molecule is NC(=O)N1CCC2CC=NC=C2C1. The summed E-state index contributed by atoms with van der Waals surface area (Å²) < 4.78 is 0. The van der Waals surface area contributed by atoms with Crippen molar-refractivity contribution < 1.29 is 4.79 Å². The topological polar surface area (TPSA) is 58.7 Å². The standard InChI is InChI=1S/C9H13N3O/c10-9(13)12-4-2-7-1-3-11-5-8(7)6-12/h3,5,7H,1-2,4,6H2,(H2,10,13). The fourth-order valence-electron chi connectivity index (χ4n) is 1.87. The van der Waals surface area contributed by atoms with Crippen molar-refractivity contribution >= 4 is 12.2 Å². The number of rotatable bonds is 0. The van der Waals surface area contributed by atoms with Crippen molar-refractivity contribution in [2.45, 2.75) is 12.8 Å². The van der Waals surface area contributed by atoms with E-state index in [0.717, 1.165) is 19.4 Å². The molecule has 4 nitrogen and oxygen atoms in total. The lowest BCUT2D eigenvalue weighted by atomic mass is 9.88. The molecular weight excluding hydrogens is 166 g/mol. The summed E-state index contributed by atoms with van der Waals surface area (Å²) in [4.78, 5) is 16.7. The average molecular weight is 179 g/mol. The van der Waals surface area contributed by atoms with Gasteiger partial charge in [-0.05, 0) is 24.3 Å². The van der Waals surface area contributed by atoms with E-state index in [1.165, 1.54) is 5.57 Å². The normalized spacial score (nSPS) is 26.6. The Bertz CT molecular complexity index is 283. The molecule has 0 aliphatic carbocycles. The van der Waals surface area contributed by atoms with Crippen molar-refractivity contribution in [1.82, 2.24) is 4.90 Å². The summed E-state index contributed by atoms with van der Waals surface area (Å²) in [6, 6.07) is -0.325. The van der Waals surface area contributed by atoms with Crippen molar-refractivity contribution in [2.75, 3.05) is 13.1 Å². The highest BCUT2D eigenvalue weighted by molar-refractivity contribution is 5.73. The Labute approximate surface area is 77.1 Å². The molecule has 2 aliphatic heterocycles. The third kappa shape index (κ3) is 1.56. The summed E-state index contributed by atoms with van der Waals surface area (Å²) in [5.74, 6) is 0.591. The molecule has 0 spiro atoms. The quantitative estimate of drug-likeness (QED) is 0.586. The first-order chi connectivity index (χ1) is 6.27. The molecule has 0 aromatic rings. The lowest BCUT2D eigenvalue weighted by Gasteiger charge is -2.33. The Morgan fingerprint density at radius 1 is 1.69 bits per heavy atom. The molecule has 0 aromatic heterocycles. The van der Waals surface area contributed by atoms with Crippen molar-refractivity contribution in [1.29, 1.82) is 0 Å². The van der Waals surface area contributed by atoms with Gasteiger partial charge in [0, 0.05) is 25.5 Å². The zero-order valence-corrected chi connectivity index (χ0v) is 7.44. The number of piperidine rings is 1. The van der Waals surface area contributed by atoms with Crippen molar-refractivity contribution in [2.24, 2.45) is 16.6 Å². The first-order valence-electron chi connectivity index (χ1n) is 4.52. The zero-order chi connectivity index (χ0) is 9.26. The number of hydrogen-bond acceptors (Lipinski definition) is 2. The van der Waals surface area contributed by atoms with Crippen LogP contribution in [0, 0.1) is 5.92 Å². The van der Waals surface area contributed by atoms with E-state index in [1.54, 1.807) is 4.90 Å². The van der Waals surface area contributed by atoms with E-state index in [4.69, 9.17) is 5.73 Å². The highest BCUT2D eigenvalue weighted by Gasteiger charge is 2.25. The van der Waals surface area contributed by atoms with E-state index in [1.807, 2.05) is 12.4 Å². The lowest BCUT2D eigenvalue weighted by molar-refractivity contribution is 0.198. The maximum absolute atomic E-state index is 10.9. The second-order valence-electron chi connectivity index (χ2n) is 3.52. The Morgan fingerprint density at radius 3 is 3.31 bits per heavy atom. The minimum atomic E-state index is -0.325. The van der Waals surface area contributed by atoms with E-state index in [2.05, 4.69) is 4.99 Å². The smallest absolute Gasteiger partial charge is 0.315 e. The third-order valence-electron chi connectivity index (χ3n) is 2.69. The fourth-order valence-corrected chi connectivity index (χ4v) is 1.87. The molecule has 2 heterocycles. The predicted molar refractivity (Wildman–Crippen MR) is 50.5 cm³/mol. The first-order valence-corrected chi connectivity index (χ1v) is 4.52. The van der Waals surface area contributed by atoms with Gasteiger partial charge in [-0.25, -0.2) is 4.79 Å². The molecule has 1 fully saturated rings. The maximum atomic E-state index is 10.9. The second-order valence-corrected chi connectivity index (χ2v) is 3.52. The molecule has 0 aromatic carbocycles. The third-order valence-corrected chi connectivity index (χ3v) is 2.69. The van der Waals surface area contributed by atoms with Crippen LogP contribution in [0.2, 0.25) is 0 Å². The van der Waals surface area contributed by atoms with Crippen molar-refractivity contribution in [3.05, 3.63) is 11.8 Å². The molecule has 2 amide bonds. The molecule has 2 rings (SSSR count). The van der Waals surface area contributed by atoms with Crippen LogP contribution in [0.5, 0.6) is 0 Å². The number of nitrogens with zero attached hydrogens (tertiary/aromatic N) is 2. The van der Waals surface area contributed by atoms with E-state index in [-0.39, 0.29) is 6.03 Å². The minimum absolute atomic E-state index is 0.325. The van der Waals surface area contributed by atoms with Crippen LogP contribution < -0.4 is 5.73 Å². The summed E-state index contributed by atoms with van der Waals surface area (Å²) in [7, 11) is 0. The van der Waals surface area contributed by atoms with Gasteiger partial charge in [-0.1, -0.05) is 0 Å². The largest absolute Gasteiger partial charge is 0.351 e. The molecule has 0 bridgehead atoms. The second kappa shape index (κ2) is 3.20. The van der Waals surface area contributed by atoms with Crippen LogP contribution in [0.1, 0.15) is 12.8 Å². The molecule has 2 aliphatic rings. The van der Waals surface area contributed by atoms with E-state index in [0.29, 0.717) is 12.5 Å².